The Balaban J connectivity index is 2.74. The summed E-state index contributed by atoms with van der Waals surface area (Å²) in [5.41, 5.74) is 1.24. The lowest BCUT2D eigenvalue weighted by molar-refractivity contribution is 0.195. The molecule has 1 N–H and O–H groups in total. The molecule has 0 aliphatic heterocycles. The van der Waals surface area contributed by atoms with Crippen molar-refractivity contribution >= 4 is 33.2 Å². The number of nitrogens with zero attached hydrogens (tertiary/aromatic N) is 2. The number of hydrogen-bond donors (Lipinski definition) is 1. The van der Waals surface area contributed by atoms with Gasteiger partial charge in [0.05, 0.1) is 6.10 Å². The first-order chi connectivity index (χ1) is 6.59. The van der Waals surface area contributed by atoms with Crippen molar-refractivity contribution in [3.63, 3.8) is 0 Å². The molecule has 0 aromatic carbocycles. The molecule has 2 heterocycles. The average Bonchev–Trinajstić information content (AvgIpc) is 2.44. The number of rotatable bonds is 1. The number of halogens is 2. The molecule has 0 fully saturated rings. The van der Waals surface area contributed by atoms with E-state index < -0.39 is 6.10 Å². The van der Waals surface area contributed by atoms with E-state index in [1.54, 1.807) is 11.3 Å². The molecule has 0 bridgehead atoms. The van der Waals surface area contributed by atoms with Crippen LogP contribution in [0.1, 0.15) is 18.7 Å². The van der Waals surface area contributed by atoms with E-state index in [1.807, 2.05) is 18.3 Å². The topological polar surface area (TPSA) is 37.5 Å². The SMILES string of the molecule is CC(O)c1nc2ccc(Br)cn2c1Cl. The third-order valence-electron chi connectivity index (χ3n) is 1.94. The van der Waals surface area contributed by atoms with Crippen molar-refractivity contribution in [2.75, 3.05) is 0 Å². The summed E-state index contributed by atoms with van der Waals surface area (Å²) in [7, 11) is 0. The summed E-state index contributed by atoms with van der Waals surface area (Å²) < 4.78 is 2.65. The van der Waals surface area contributed by atoms with Gasteiger partial charge < -0.3 is 5.11 Å². The van der Waals surface area contributed by atoms with E-state index in [0.717, 1.165) is 10.1 Å². The van der Waals surface area contributed by atoms with Crippen LogP contribution in [0.15, 0.2) is 22.8 Å². The van der Waals surface area contributed by atoms with Gasteiger partial charge in [-0.1, -0.05) is 11.6 Å². The quantitative estimate of drug-likeness (QED) is 0.869. The van der Waals surface area contributed by atoms with Crippen LogP contribution in [0.5, 0.6) is 0 Å². The molecule has 14 heavy (non-hydrogen) atoms. The van der Waals surface area contributed by atoms with Crippen molar-refractivity contribution in [2.45, 2.75) is 13.0 Å². The van der Waals surface area contributed by atoms with Crippen molar-refractivity contribution in [3.8, 4) is 0 Å². The Bertz CT molecular complexity index is 481. The second kappa shape index (κ2) is 3.53. The molecule has 0 aliphatic carbocycles. The minimum absolute atomic E-state index is 0.455. The van der Waals surface area contributed by atoms with Crippen molar-refractivity contribution in [3.05, 3.63) is 33.6 Å². The molecular formula is C9H8BrClN2O. The molecule has 3 nitrogen and oxygen atoms in total. The molecule has 0 spiro atoms. The summed E-state index contributed by atoms with van der Waals surface area (Å²) in [6, 6.07) is 3.71. The zero-order valence-corrected chi connectivity index (χ0v) is 9.75. The summed E-state index contributed by atoms with van der Waals surface area (Å²) in [6.45, 7) is 1.64. The average molecular weight is 276 g/mol. The molecule has 0 saturated carbocycles. The van der Waals surface area contributed by atoms with Gasteiger partial charge in [-0.2, -0.15) is 0 Å². The molecule has 2 aromatic rings. The van der Waals surface area contributed by atoms with Crippen LogP contribution in [-0.4, -0.2) is 14.5 Å². The minimum Gasteiger partial charge on any atom is -0.387 e. The molecule has 0 radical (unpaired) electrons. The summed E-state index contributed by atoms with van der Waals surface area (Å²) in [5, 5.41) is 9.86. The Labute approximate surface area is 94.5 Å². The van der Waals surface area contributed by atoms with E-state index in [4.69, 9.17) is 11.6 Å². The number of hydrogen-bond acceptors (Lipinski definition) is 2. The molecule has 0 amide bonds. The molecule has 1 unspecified atom stereocenters. The van der Waals surface area contributed by atoms with Gasteiger partial charge in [0.1, 0.15) is 16.5 Å². The number of aliphatic hydroxyl groups excluding tert-OH is 1. The number of aliphatic hydroxyl groups is 1. The maximum absolute atomic E-state index is 9.40. The molecule has 0 aliphatic rings. The smallest absolute Gasteiger partial charge is 0.139 e. The van der Waals surface area contributed by atoms with Gasteiger partial charge >= 0.3 is 0 Å². The first kappa shape index (κ1) is 9.96. The molecular weight excluding hydrogens is 267 g/mol. The van der Waals surface area contributed by atoms with Crippen LogP contribution in [0, 0.1) is 0 Å². The highest BCUT2D eigenvalue weighted by Crippen LogP contribution is 2.25. The minimum atomic E-state index is -0.652. The van der Waals surface area contributed by atoms with Crippen LogP contribution < -0.4 is 0 Å². The molecule has 74 valence electrons. The summed E-state index contributed by atoms with van der Waals surface area (Å²) in [6.07, 6.45) is 1.16. The first-order valence-electron chi connectivity index (χ1n) is 4.10. The maximum Gasteiger partial charge on any atom is 0.139 e. The fourth-order valence-electron chi connectivity index (χ4n) is 1.27. The number of fused-ring (bicyclic) bond motifs is 1. The van der Waals surface area contributed by atoms with Crippen molar-refractivity contribution in [1.82, 2.24) is 9.38 Å². The van der Waals surface area contributed by atoms with Crippen LogP contribution in [0.3, 0.4) is 0 Å². The fraction of sp³-hybridized carbons (Fsp3) is 0.222. The zero-order chi connectivity index (χ0) is 10.3. The molecule has 2 aromatic heterocycles. The molecule has 2 rings (SSSR count). The van der Waals surface area contributed by atoms with Gasteiger partial charge in [-0.15, -0.1) is 0 Å². The highest BCUT2D eigenvalue weighted by molar-refractivity contribution is 9.10. The first-order valence-corrected chi connectivity index (χ1v) is 5.28. The van der Waals surface area contributed by atoms with Gasteiger partial charge in [-0.25, -0.2) is 4.98 Å². The highest BCUT2D eigenvalue weighted by atomic mass is 79.9. The standard InChI is InChI=1S/C9H8BrClN2O/c1-5(14)8-9(11)13-4-6(10)2-3-7(13)12-8/h2-5,14H,1H3. The summed E-state index contributed by atoms with van der Waals surface area (Å²) in [4.78, 5) is 4.21. The third kappa shape index (κ3) is 1.54. The second-order valence-electron chi connectivity index (χ2n) is 3.04. The van der Waals surface area contributed by atoms with E-state index in [1.165, 1.54) is 0 Å². The van der Waals surface area contributed by atoms with Gasteiger partial charge in [0.25, 0.3) is 0 Å². The lowest BCUT2D eigenvalue weighted by atomic mass is 10.3. The van der Waals surface area contributed by atoms with E-state index in [2.05, 4.69) is 20.9 Å². The second-order valence-corrected chi connectivity index (χ2v) is 4.31. The van der Waals surface area contributed by atoms with Gasteiger partial charge in [-0.3, -0.25) is 4.40 Å². The van der Waals surface area contributed by atoms with Crippen molar-refractivity contribution < 1.29 is 5.11 Å². The van der Waals surface area contributed by atoms with Crippen LogP contribution in [0.2, 0.25) is 5.15 Å². The molecule has 1 atom stereocenters. The lowest BCUT2D eigenvalue weighted by Gasteiger charge is -1.98. The zero-order valence-electron chi connectivity index (χ0n) is 7.41. The fourth-order valence-corrected chi connectivity index (χ4v) is 1.95. The monoisotopic (exact) mass is 274 g/mol. The predicted octanol–water partition coefficient (Wildman–Crippen LogP) is 2.80. The predicted molar refractivity (Wildman–Crippen MR) is 58.5 cm³/mol. The Hall–Kier alpha value is -0.580. The number of pyridine rings is 1. The maximum atomic E-state index is 9.40. The van der Waals surface area contributed by atoms with Gasteiger partial charge in [0, 0.05) is 10.7 Å². The largest absolute Gasteiger partial charge is 0.387 e. The summed E-state index contributed by atoms with van der Waals surface area (Å²) in [5.74, 6) is 0. The lowest BCUT2D eigenvalue weighted by Crippen LogP contribution is -1.91. The third-order valence-corrected chi connectivity index (χ3v) is 2.79. The summed E-state index contributed by atoms with van der Waals surface area (Å²) >= 11 is 9.39. The Morgan fingerprint density at radius 1 is 1.57 bits per heavy atom. The molecule has 0 saturated heterocycles. The van der Waals surface area contributed by atoms with Gasteiger partial charge in [0.2, 0.25) is 0 Å². The van der Waals surface area contributed by atoms with Crippen LogP contribution in [0.25, 0.3) is 5.65 Å². The Morgan fingerprint density at radius 2 is 2.29 bits per heavy atom. The highest BCUT2D eigenvalue weighted by Gasteiger charge is 2.13. The number of imidazole rings is 1. The van der Waals surface area contributed by atoms with E-state index in [0.29, 0.717) is 10.8 Å². The molecule has 5 heteroatoms. The van der Waals surface area contributed by atoms with Crippen LogP contribution in [-0.2, 0) is 0 Å². The van der Waals surface area contributed by atoms with E-state index >= 15 is 0 Å². The van der Waals surface area contributed by atoms with Crippen molar-refractivity contribution in [1.29, 1.82) is 0 Å². The van der Waals surface area contributed by atoms with E-state index in [-0.39, 0.29) is 0 Å². The number of aromatic nitrogens is 2. The van der Waals surface area contributed by atoms with Gasteiger partial charge in [-0.05, 0) is 35.0 Å². The Kier molecular flexibility index (Phi) is 2.51. The Morgan fingerprint density at radius 3 is 2.93 bits per heavy atom. The van der Waals surface area contributed by atoms with E-state index in [9.17, 15) is 5.11 Å². The van der Waals surface area contributed by atoms with Crippen molar-refractivity contribution in [2.24, 2.45) is 0 Å². The van der Waals surface area contributed by atoms with Crippen LogP contribution >= 0.6 is 27.5 Å². The van der Waals surface area contributed by atoms with Gasteiger partial charge in [0.15, 0.2) is 0 Å². The van der Waals surface area contributed by atoms with Crippen LogP contribution in [0.4, 0.5) is 0 Å². The normalized spacial score (nSPS) is 13.4.